The SMILES string of the molecule is C=CCN(CCO)Cc1cc(F)cc(C(F)(F)F)c1. The van der Waals surface area contributed by atoms with Crippen LogP contribution in [0.15, 0.2) is 30.9 Å². The Balaban J connectivity index is 2.93. The molecule has 0 aliphatic carbocycles. The van der Waals surface area contributed by atoms with Crippen LogP contribution in [-0.2, 0) is 12.7 Å². The summed E-state index contributed by atoms with van der Waals surface area (Å²) in [5.41, 5.74) is -0.798. The highest BCUT2D eigenvalue weighted by molar-refractivity contribution is 5.26. The molecule has 1 rings (SSSR count). The zero-order chi connectivity index (χ0) is 14.5. The van der Waals surface area contributed by atoms with Crippen molar-refractivity contribution in [2.24, 2.45) is 0 Å². The van der Waals surface area contributed by atoms with Gasteiger partial charge >= 0.3 is 6.18 Å². The Kier molecular flexibility index (Phi) is 5.50. The van der Waals surface area contributed by atoms with Crippen LogP contribution >= 0.6 is 0 Å². The van der Waals surface area contributed by atoms with Gasteiger partial charge in [-0.05, 0) is 23.8 Å². The normalized spacial score (nSPS) is 11.9. The molecule has 0 saturated carbocycles. The largest absolute Gasteiger partial charge is 0.416 e. The van der Waals surface area contributed by atoms with Gasteiger partial charge in [0.05, 0.1) is 12.2 Å². The van der Waals surface area contributed by atoms with Crippen molar-refractivity contribution in [2.45, 2.75) is 12.7 Å². The Morgan fingerprint density at radius 3 is 2.47 bits per heavy atom. The summed E-state index contributed by atoms with van der Waals surface area (Å²) in [7, 11) is 0. The number of aliphatic hydroxyl groups is 1. The third-order valence-corrected chi connectivity index (χ3v) is 2.49. The molecular formula is C13H15F4NO. The van der Waals surface area contributed by atoms with E-state index in [0.717, 1.165) is 12.1 Å². The van der Waals surface area contributed by atoms with Crippen LogP contribution in [0.1, 0.15) is 11.1 Å². The van der Waals surface area contributed by atoms with E-state index in [9.17, 15) is 17.6 Å². The van der Waals surface area contributed by atoms with Crippen LogP contribution in [0.5, 0.6) is 0 Å². The van der Waals surface area contributed by atoms with E-state index in [0.29, 0.717) is 12.6 Å². The quantitative estimate of drug-likeness (QED) is 0.638. The average molecular weight is 277 g/mol. The molecule has 0 radical (unpaired) electrons. The summed E-state index contributed by atoms with van der Waals surface area (Å²) in [6.45, 7) is 4.19. The van der Waals surface area contributed by atoms with Gasteiger partial charge in [-0.25, -0.2) is 4.39 Å². The van der Waals surface area contributed by atoms with Gasteiger partial charge in [-0.3, -0.25) is 4.90 Å². The Morgan fingerprint density at radius 2 is 1.95 bits per heavy atom. The fraction of sp³-hybridized carbons (Fsp3) is 0.385. The summed E-state index contributed by atoms with van der Waals surface area (Å²) in [5, 5.41) is 8.85. The molecule has 0 aromatic heterocycles. The minimum absolute atomic E-state index is 0.118. The number of alkyl halides is 3. The lowest BCUT2D eigenvalue weighted by Crippen LogP contribution is -2.26. The predicted octanol–water partition coefficient (Wildman–Crippen LogP) is 2.82. The van der Waals surface area contributed by atoms with Gasteiger partial charge in [0.25, 0.3) is 0 Å². The Hall–Kier alpha value is -1.40. The maximum atomic E-state index is 13.2. The van der Waals surface area contributed by atoms with Crippen molar-refractivity contribution in [1.29, 1.82) is 0 Å². The minimum Gasteiger partial charge on any atom is -0.395 e. The van der Waals surface area contributed by atoms with Crippen LogP contribution in [0.4, 0.5) is 17.6 Å². The van der Waals surface area contributed by atoms with Gasteiger partial charge in [-0.1, -0.05) is 6.08 Å². The monoisotopic (exact) mass is 277 g/mol. The molecule has 1 aromatic rings. The lowest BCUT2D eigenvalue weighted by atomic mass is 10.1. The van der Waals surface area contributed by atoms with Crippen molar-refractivity contribution in [3.63, 3.8) is 0 Å². The first-order valence-electron chi connectivity index (χ1n) is 5.67. The molecule has 0 atom stereocenters. The molecule has 106 valence electrons. The van der Waals surface area contributed by atoms with E-state index >= 15 is 0 Å². The second kappa shape index (κ2) is 6.68. The minimum atomic E-state index is -4.57. The van der Waals surface area contributed by atoms with Crippen LogP contribution in [0.25, 0.3) is 0 Å². The highest BCUT2D eigenvalue weighted by Crippen LogP contribution is 2.30. The summed E-state index contributed by atoms with van der Waals surface area (Å²) >= 11 is 0. The number of halogens is 4. The summed E-state index contributed by atoms with van der Waals surface area (Å²) in [5.74, 6) is -0.924. The highest BCUT2D eigenvalue weighted by atomic mass is 19.4. The van der Waals surface area contributed by atoms with Gasteiger partial charge < -0.3 is 5.11 Å². The number of hydrogen-bond donors (Lipinski definition) is 1. The Labute approximate surface area is 109 Å². The van der Waals surface area contributed by atoms with Gasteiger partial charge in [0.15, 0.2) is 0 Å². The molecule has 0 aliphatic rings. The molecule has 0 spiro atoms. The molecule has 19 heavy (non-hydrogen) atoms. The van der Waals surface area contributed by atoms with Gasteiger partial charge in [0, 0.05) is 19.6 Å². The summed E-state index contributed by atoms with van der Waals surface area (Å²) in [4.78, 5) is 1.67. The molecule has 2 nitrogen and oxygen atoms in total. The van der Waals surface area contributed by atoms with Crippen LogP contribution < -0.4 is 0 Å². The molecule has 1 aromatic carbocycles. The first kappa shape index (κ1) is 15.7. The van der Waals surface area contributed by atoms with E-state index in [-0.39, 0.29) is 25.3 Å². The van der Waals surface area contributed by atoms with Crippen molar-refractivity contribution in [3.8, 4) is 0 Å². The summed E-state index contributed by atoms with van der Waals surface area (Å²) < 4.78 is 50.8. The van der Waals surface area contributed by atoms with Crippen molar-refractivity contribution in [1.82, 2.24) is 4.90 Å². The molecule has 6 heteroatoms. The second-order valence-electron chi connectivity index (χ2n) is 4.09. The van der Waals surface area contributed by atoms with Crippen LogP contribution in [0.3, 0.4) is 0 Å². The van der Waals surface area contributed by atoms with E-state index in [1.807, 2.05) is 0 Å². The number of aliphatic hydroxyl groups excluding tert-OH is 1. The fourth-order valence-electron chi connectivity index (χ4n) is 1.72. The molecule has 0 unspecified atom stereocenters. The van der Waals surface area contributed by atoms with Gasteiger partial charge in [-0.15, -0.1) is 6.58 Å². The van der Waals surface area contributed by atoms with Crippen LogP contribution in [0, 0.1) is 5.82 Å². The maximum Gasteiger partial charge on any atom is 0.416 e. The molecule has 0 heterocycles. The van der Waals surface area contributed by atoms with E-state index in [1.165, 1.54) is 0 Å². The van der Waals surface area contributed by atoms with E-state index in [4.69, 9.17) is 5.11 Å². The first-order valence-corrected chi connectivity index (χ1v) is 5.67. The third-order valence-electron chi connectivity index (χ3n) is 2.49. The Bertz CT molecular complexity index is 431. The van der Waals surface area contributed by atoms with E-state index < -0.39 is 17.6 Å². The molecule has 1 N–H and O–H groups in total. The van der Waals surface area contributed by atoms with E-state index in [2.05, 4.69) is 6.58 Å². The second-order valence-corrected chi connectivity index (χ2v) is 4.09. The molecule has 0 bridgehead atoms. The molecule has 0 aliphatic heterocycles. The number of benzene rings is 1. The average Bonchev–Trinajstić information content (AvgIpc) is 2.27. The summed E-state index contributed by atoms with van der Waals surface area (Å²) in [6, 6.07) is 2.44. The topological polar surface area (TPSA) is 23.5 Å². The first-order chi connectivity index (χ1) is 8.86. The van der Waals surface area contributed by atoms with Crippen LogP contribution in [-0.4, -0.2) is 29.7 Å². The zero-order valence-corrected chi connectivity index (χ0v) is 10.3. The third kappa shape index (κ3) is 5.00. The number of rotatable bonds is 6. The van der Waals surface area contributed by atoms with E-state index in [1.54, 1.807) is 11.0 Å². The smallest absolute Gasteiger partial charge is 0.395 e. The van der Waals surface area contributed by atoms with Crippen LogP contribution in [0.2, 0.25) is 0 Å². The molecular weight excluding hydrogens is 262 g/mol. The van der Waals surface area contributed by atoms with Crippen molar-refractivity contribution >= 4 is 0 Å². The molecule has 0 saturated heterocycles. The number of nitrogens with zero attached hydrogens (tertiary/aromatic N) is 1. The van der Waals surface area contributed by atoms with Crippen molar-refractivity contribution in [2.75, 3.05) is 19.7 Å². The van der Waals surface area contributed by atoms with Crippen molar-refractivity contribution < 1.29 is 22.7 Å². The summed E-state index contributed by atoms with van der Waals surface area (Å²) in [6.07, 6.45) is -3.00. The lowest BCUT2D eigenvalue weighted by molar-refractivity contribution is -0.137. The molecule has 0 fully saturated rings. The standard InChI is InChI=1S/C13H15F4NO/c1-2-3-18(4-5-19)9-10-6-11(13(15,16)17)8-12(14)7-10/h2,6-8,19H,1,3-5,9H2. The lowest BCUT2D eigenvalue weighted by Gasteiger charge is -2.20. The van der Waals surface area contributed by atoms with Gasteiger partial charge in [0.2, 0.25) is 0 Å². The molecule has 0 amide bonds. The number of hydrogen-bond acceptors (Lipinski definition) is 2. The highest BCUT2D eigenvalue weighted by Gasteiger charge is 2.31. The maximum absolute atomic E-state index is 13.2. The predicted molar refractivity (Wildman–Crippen MR) is 64.0 cm³/mol. The Morgan fingerprint density at radius 1 is 1.26 bits per heavy atom. The fourth-order valence-corrected chi connectivity index (χ4v) is 1.72. The zero-order valence-electron chi connectivity index (χ0n) is 10.3. The van der Waals surface area contributed by atoms with Gasteiger partial charge in [0.1, 0.15) is 5.82 Å². The van der Waals surface area contributed by atoms with Crippen molar-refractivity contribution in [3.05, 3.63) is 47.8 Å². The van der Waals surface area contributed by atoms with Gasteiger partial charge in [-0.2, -0.15) is 13.2 Å².